The minimum Gasteiger partial charge on any atom is -0.317 e. The number of benzene rings is 3. The van der Waals surface area contributed by atoms with Crippen molar-refractivity contribution in [3.05, 3.63) is 104 Å². The van der Waals surface area contributed by atoms with Crippen LogP contribution in [0.3, 0.4) is 0 Å². The van der Waals surface area contributed by atoms with E-state index < -0.39 is 35.7 Å². The molecular weight excluding hydrogens is 728 g/mol. The molecule has 0 amide bonds. The quantitative estimate of drug-likeness (QED) is 0.259. The van der Waals surface area contributed by atoms with Gasteiger partial charge in [0.15, 0.2) is 0 Å². The summed E-state index contributed by atoms with van der Waals surface area (Å²) in [5, 5.41) is 6.77. The van der Waals surface area contributed by atoms with E-state index in [0.717, 1.165) is 69.6 Å². The van der Waals surface area contributed by atoms with E-state index in [1.807, 2.05) is 0 Å². The molecule has 0 unspecified atom stereocenters. The Morgan fingerprint density at radius 2 is 1.02 bits per heavy atom. The molecule has 3 nitrogen and oxygen atoms in total. The highest BCUT2D eigenvalue weighted by molar-refractivity contribution is 6.31. The van der Waals surface area contributed by atoms with Crippen molar-refractivity contribution in [1.29, 1.82) is 0 Å². The summed E-state index contributed by atoms with van der Waals surface area (Å²) in [6.45, 7) is 4.89. The van der Waals surface area contributed by atoms with Crippen LogP contribution in [0.2, 0.25) is 10.0 Å². The number of rotatable bonds is 4. The van der Waals surface area contributed by atoms with Crippen molar-refractivity contribution >= 4 is 23.2 Å². The van der Waals surface area contributed by atoms with E-state index in [-0.39, 0.29) is 33.9 Å². The summed E-state index contributed by atoms with van der Waals surface area (Å²) in [7, 11) is 2.06. The maximum absolute atomic E-state index is 13.0. The molecule has 0 atom stereocenters. The Labute approximate surface area is 302 Å². The summed E-state index contributed by atoms with van der Waals surface area (Å²) < 4.78 is 116. The molecule has 51 heavy (non-hydrogen) atoms. The second-order valence-electron chi connectivity index (χ2n) is 13.2. The average Bonchev–Trinajstić information content (AvgIpc) is 3.09. The first-order valence-corrected chi connectivity index (χ1v) is 17.7. The number of hydrogen-bond acceptors (Lipinski definition) is 3. The van der Waals surface area contributed by atoms with Gasteiger partial charge < -0.3 is 15.5 Å². The maximum Gasteiger partial charge on any atom is 0.416 e. The highest BCUT2D eigenvalue weighted by Gasteiger charge is 2.37. The lowest BCUT2D eigenvalue weighted by Gasteiger charge is -2.30. The molecule has 0 bridgehead atoms. The van der Waals surface area contributed by atoms with Gasteiger partial charge in [-0.3, -0.25) is 0 Å². The van der Waals surface area contributed by atoms with Crippen LogP contribution in [-0.2, 0) is 12.4 Å². The molecule has 3 saturated heterocycles. The van der Waals surface area contributed by atoms with E-state index >= 15 is 0 Å². The second-order valence-corrected chi connectivity index (χ2v) is 14.0. The van der Waals surface area contributed by atoms with Crippen molar-refractivity contribution in [2.24, 2.45) is 0 Å². The van der Waals surface area contributed by atoms with Crippen molar-refractivity contribution in [3.63, 3.8) is 0 Å². The molecule has 0 aromatic heterocycles. The third kappa shape index (κ3) is 12.0. The molecule has 2 N–H and O–H groups in total. The highest BCUT2D eigenvalue weighted by Crippen LogP contribution is 2.40. The molecule has 0 spiro atoms. The first kappa shape index (κ1) is 41.2. The Morgan fingerprint density at radius 1 is 0.608 bits per heavy atom. The Hall–Kier alpha value is -2.51. The predicted molar refractivity (Wildman–Crippen MR) is 183 cm³/mol. The van der Waals surface area contributed by atoms with E-state index in [1.165, 1.54) is 24.3 Å². The van der Waals surface area contributed by atoms with Crippen LogP contribution in [0.4, 0.5) is 39.5 Å². The summed E-state index contributed by atoms with van der Waals surface area (Å²) in [5.41, 5.74) is 0.0645. The zero-order chi connectivity index (χ0) is 37.3. The average molecular weight is 771 g/mol. The fourth-order valence-electron chi connectivity index (χ4n) is 6.95. The van der Waals surface area contributed by atoms with Gasteiger partial charge in [0, 0.05) is 15.6 Å². The van der Waals surface area contributed by atoms with Gasteiger partial charge in [0.2, 0.25) is 0 Å². The molecule has 0 saturated carbocycles. The van der Waals surface area contributed by atoms with Gasteiger partial charge in [-0.2, -0.15) is 26.3 Å². The van der Waals surface area contributed by atoms with Crippen molar-refractivity contribution < 1.29 is 39.5 Å². The van der Waals surface area contributed by atoms with Crippen molar-refractivity contribution in [2.45, 2.75) is 75.1 Å². The van der Waals surface area contributed by atoms with E-state index in [4.69, 9.17) is 23.2 Å². The third-order valence-corrected chi connectivity index (χ3v) is 10.1. The Bertz CT molecular complexity index is 1470. The number of likely N-dealkylation sites (tertiary alicyclic amines) is 1. The topological polar surface area (TPSA) is 27.3 Å². The van der Waals surface area contributed by atoms with Gasteiger partial charge in [-0.25, -0.2) is 13.2 Å². The molecule has 3 fully saturated rings. The standard InChI is InChI=1S/C13H16ClF2N.C12H13ClF3N.C12H13F4N/c1-17-6-4-9(5-7-17)11-3-2-10(14)8-12(11)13(15)16;2*13-9-1-2-10(8-3-5-17-6-4-8)11(7-9)12(14,15)16/h2-3,8-9,13H,4-7H2,1H3;2*1-2,7-8,17H,3-6H2. The Morgan fingerprint density at radius 3 is 1.49 bits per heavy atom. The minimum absolute atomic E-state index is 0.0230. The van der Waals surface area contributed by atoms with Crippen molar-refractivity contribution in [1.82, 2.24) is 15.5 Å². The molecule has 3 aliphatic rings. The van der Waals surface area contributed by atoms with Crippen LogP contribution in [-0.4, -0.2) is 51.2 Å². The smallest absolute Gasteiger partial charge is 0.317 e. The highest BCUT2D eigenvalue weighted by atomic mass is 35.5. The molecule has 3 heterocycles. The predicted octanol–water partition coefficient (Wildman–Crippen LogP) is 11.2. The molecule has 0 radical (unpaired) electrons. The molecule has 3 aromatic rings. The van der Waals surface area contributed by atoms with E-state index in [2.05, 4.69) is 22.6 Å². The van der Waals surface area contributed by atoms with Gasteiger partial charge in [-0.05, 0) is 156 Å². The van der Waals surface area contributed by atoms with Crippen LogP contribution in [0.5, 0.6) is 0 Å². The fourth-order valence-corrected chi connectivity index (χ4v) is 7.30. The number of nitrogens with zero attached hydrogens (tertiary/aromatic N) is 1. The van der Waals surface area contributed by atoms with Gasteiger partial charge >= 0.3 is 12.4 Å². The first-order chi connectivity index (χ1) is 24.0. The number of hydrogen-bond donors (Lipinski definition) is 2. The fraction of sp³-hybridized carbons (Fsp3) is 0.514. The van der Waals surface area contributed by atoms with Crippen LogP contribution in [0.1, 0.15) is 96.1 Å². The van der Waals surface area contributed by atoms with Gasteiger partial charge in [-0.1, -0.05) is 41.4 Å². The lowest BCUT2D eigenvalue weighted by atomic mass is 9.87. The molecule has 0 aliphatic carbocycles. The molecule has 3 aromatic carbocycles. The summed E-state index contributed by atoms with van der Waals surface area (Å²) in [6.07, 6.45) is -6.56. The lowest BCUT2D eigenvalue weighted by molar-refractivity contribution is -0.139. The third-order valence-electron chi connectivity index (χ3n) is 9.64. The maximum atomic E-state index is 13.0. The Balaban J connectivity index is 0.000000172. The van der Waals surface area contributed by atoms with Crippen LogP contribution in [0.15, 0.2) is 54.6 Å². The Kier molecular flexibility index (Phi) is 15.0. The summed E-state index contributed by atoms with van der Waals surface area (Å²) in [5.74, 6) is -0.749. The van der Waals surface area contributed by atoms with E-state index in [9.17, 15) is 39.5 Å². The van der Waals surface area contributed by atoms with Gasteiger partial charge in [0.25, 0.3) is 6.43 Å². The number of halogens is 11. The molecule has 282 valence electrons. The summed E-state index contributed by atoms with van der Waals surface area (Å²) in [4.78, 5) is 2.23. The minimum atomic E-state index is -4.48. The van der Waals surface area contributed by atoms with E-state index in [1.54, 1.807) is 12.1 Å². The largest absolute Gasteiger partial charge is 0.416 e. The van der Waals surface area contributed by atoms with Crippen molar-refractivity contribution in [2.75, 3.05) is 46.3 Å². The number of piperidine rings is 3. The molecule has 14 heteroatoms. The molecule has 6 rings (SSSR count). The SMILES string of the molecule is CN1CCC(c2ccc(Cl)cc2C(F)F)CC1.FC(F)(F)c1cc(Cl)ccc1C1CCNCC1.Fc1ccc(C2CCNCC2)c(C(F)(F)F)c1. The van der Waals surface area contributed by atoms with Crippen LogP contribution in [0.25, 0.3) is 0 Å². The zero-order valence-corrected chi connectivity index (χ0v) is 29.6. The summed E-state index contributed by atoms with van der Waals surface area (Å²) in [6, 6.07) is 11.9. The molecular formula is C37H42Cl2F9N3. The number of nitrogens with one attached hydrogen (secondary N) is 2. The first-order valence-electron chi connectivity index (χ1n) is 16.9. The zero-order valence-electron chi connectivity index (χ0n) is 28.1. The molecule has 3 aliphatic heterocycles. The van der Waals surface area contributed by atoms with E-state index in [0.29, 0.717) is 42.6 Å². The number of alkyl halides is 8. The summed E-state index contributed by atoms with van der Waals surface area (Å²) >= 11 is 11.4. The van der Waals surface area contributed by atoms with Gasteiger partial charge in [0.1, 0.15) is 5.82 Å². The normalized spacial score (nSPS) is 18.5. The van der Waals surface area contributed by atoms with Crippen LogP contribution < -0.4 is 10.6 Å². The van der Waals surface area contributed by atoms with Crippen LogP contribution >= 0.6 is 23.2 Å². The monoisotopic (exact) mass is 769 g/mol. The van der Waals surface area contributed by atoms with Crippen LogP contribution in [0, 0.1) is 5.82 Å². The lowest BCUT2D eigenvalue weighted by Crippen LogP contribution is -2.29. The van der Waals surface area contributed by atoms with Gasteiger partial charge in [0.05, 0.1) is 11.1 Å². The van der Waals surface area contributed by atoms with Crippen molar-refractivity contribution in [3.8, 4) is 0 Å². The second kappa shape index (κ2) is 18.5. The van der Waals surface area contributed by atoms with Gasteiger partial charge in [-0.15, -0.1) is 0 Å².